The second kappa shape index (κ2) is 4.53. The summed E-state index contributed by atoms with van der Waals surface area (Å²) < 4.78 is 27.5. The summed E-state index contributed by atoms with van der Waals surface area (Å²) in [6, 6.07) is 10.2. The van der Waals surface area contributed by atoms with Crippen molar-refractivity contribution in [2.45, 2.75) is 12.8 Å². The molecule has 98 valence electrons. The van der Waals surface area contributed by atoms with Gasteiger partial charge in [-0.2, -0.15) is 0 Å². The van der Waals surface area contributed by atoms with E-state index >= 15 is 0 Å². The fraction of sp³-hybridized carbons (Fsp3) is 0.200. The van der Waals surface area contributed by atoms with E-state index in [0.29, 0.717) is 6.54 Å². The Morgan fingerprint density at radius 1 is 1.05 bits per heavy atom. The van der Waals surface area contributed by atoms with Crippen molar-refractivity contribution >= 4 is 17.1 Å². The molecule has 0 fully saturated rings. The fourth-order valence-corrected chi connectivity index (χ4v) is 2.60. The molecule has 2 N–H and O–H groups in total. The summed E-state index contributed by atoms with van der Waals surface area (Å²) in [5, 5.41) is 0. The van der Waals surface area contributed by atoms with Crippen LogP contribution in [0.15, 0.2) is 36.4 Å². The number of fused-ring (bicyclic) bond motifs is 1. The van der Waals surface area contributed by atoms with E-state index in [4.69, 9.17) is 5.73 Å². The lowest BCUT2D eigenvalue weighted by Gasteiger charge is -2.32. The molecule has 0 bridgehead atoms. The zero-order valence-corrected chi connectivity index (χ0v) is 10.4. The van der Waals surface area contributed by atoms with Gasteiger partial charge in [0.25, 0.3) is 0 Å². The van der Waals surface area contributed by atoms with Crippen molar-refractivity contribution in [3.63, 3.8) is 0 Å². The Morgan fingerprint density at radius 3 is 2.68 bits per heavy atom. The Morgan fingerprint density at radius 2 is 1.84 bits per heavy atom. The minimum Gasteiger partial charge on any atom is -0.397 e. The number of hydrogen-bond donors (Lipinski definition) is 1. The number of nitrogens with zero attached hydrogens (tertiary/aromatic N) is 1. The summed E-state index contributed by atoms with van der Waals surface area (Å²) in [4.78, 5) is 1.77. The third kappa shape index (κ3) is 1.93. The molecule has 3 rings (SSSR count). The Labute approximate surface area is 110 Å². The van der Waals surface area contributed by atoms with Gasteiger partial charge < -0.3 is 10.6 Å². The van der Waals surface area contributed by atoms with Gasteiger partial charge in [0.05, 0.1) is 5.69 Å². The highest BCUT2D eigenvalue weighted by Gasteiger charge is 2.24. The average Bonchev–Trinajstić information content (AvgIpc) is 2.44. The fourth-order valence-electron chi connectivity index (χ4n) is 2.60. The van der Waals surface area contributed by atoms with Crippen LogP contribution in [0.25, 0.3) is 0 Å². The zero-order valence-electron chi connectivity index (χ0n) is 10.4. The van der Waals surface area contributed by atoms with E-state index in [1.165, 1.54) is 6.07 Å². The lowest BCUT2D eigenvalue weighted by atomic mass is 10.0. The van der Waals surface area contributed by atoms with E-state index in [9.17, 15) is 8.78 Å². The molecule has 2 nitrogen and oxygen atoms in total. The summed E-state index contributed by atoms with van der Waals surface area (Å²) in [6.45, 7) is 0.640. The van der Waals surface area contributed by atoms with Crippen LogP contribution in [0.2, 0.25) is 0 Å². The van der Waals surface area contributed by atoms with Gasteiger partial charge in [0.2, 0.25) is 0 Å². The van der Waals surface area contributed by atoms with Crippen LogP contribution in [0, 0.1) is 11.6 Å². The molecule has 0 aromatic heterocycles. The molecule has 0 saturated carbocycles. The number of hydrogen-bond acceptors (Lipinski definition) is 2. The van der Waals surface area contributed by atoms with Gasteiger partial charge in [-0.3, -0.25) is 0 Å². The Balaban J connectivity index is 2.17. The molecule has 1 aliphatic rings. The number of benzene rings is 2. The van der Waals surface area contributed by atoms with Crippen LogP contribution in [-0.4, -0.2) is 6.54 Å². The molecule has 1 aliphatic heterocycles. The second-order valence-electron chi connectivity index (χ2n) is 4.68. The van der Waals surface area contributed by atoms with Crippen LogP contribution in [-0.2, 0) is 6.42 Å². The maximum atomic E-state index is 14.0. The van der Waals surface area contributed by atoms with E-state index in [2.05, 4.69) is 0 Å². The van der Waals surface area contributed by atoms with Crippen LogP contribution in [0.5, 0.6) is 0 Å². The molecule has 0 saturated heterocycles. The van der Waals surface area contributed by atoms with Crippen molar-refractivity contribution in [1.29, 1.82) is 0 Å². The highest BCUT2D eigenvalue weighted by molar-refractivity contribution is 5.77. The van der Waals surface area contributed by atoms with Gasteiger partial charge in [-0.15, -0.1) is 0 Å². The molecule has 19 heavy (non-hydrogen) atoms. The predicted octanol–water partition coefficient (Wildman–Crippen LogP) is 3.63. The normalized spacial score (nSPS) is 14.3. The minimum absolute atomic E-state index is 0.146. The summed E-state index contributed by atoms with van der Waals surface area (Å²) in [5.74, 6) is -1.75. The summed E-state index contributed by atoms with van der Waals surface area (Å²) in [5.41, 5.74) is 8.28. The smallest absolute Gasteiger partial charge is 0.184 e. The van der Waals surface area contributed by atoms with Gasteiger partial charge in [0, 0.05) is 12.2 Å². The first kappa shape index (κ1) is 12.0. The van der Waals surface area contributed by atoms with E-state index in [0.717, 1.165) is 30.2 Å². The predicted molar refractivity (Wildman–Crippen MR) is 72.5 cm³/mol. The first-order valence-electron chi connectivity index (χ1n) is 6.27. The third-order valence-electron chi connectivity index (χ3n) is 3.48. The van der Waals surface area contributed by atoms with E-state index < -0.39 is 11.6 Å². The minimum atomic E-state index is -0.878. The van der Waals surface area contributed by atoms with E-state index in [-0.39, 0.29) is 11.4 Å². The molecule has 1 heterocycles. The molecule has 2 aromatic carbocycles. The van der Waals surface area contributed by atoms with Crippen LogP contribution >= 0.6 is 0 Å². The number of aryl methyl sites for hydroxylation is 1. The third-order valence-corrected chi connectivity index (χ3v) is 3.48. The van der Waals surface area contributed by atoms with Gasteiger partial charge >= 0.3 is 0 Å². The van der Waals surface area contributed by atoms with Crippen molar-refractivity contribution in [3.05, 3.63) is 53.6 Å². The summed E-state index contributed by atoms with van der Waals surface area (Å²) in [7, 11) is 0. The average molecular weight is 260 g/mol. The number of anilines is 3. The van der Waals surface area contributed by atoms with Gasteiger partial charge in [0.1, 0.15) is 5.69 Å². The van der Waals surface area contributed by atoms with Crippen LogP contribution < -0.4 is 10.6 Å². The Hall–Kier alpha value is -2.10. The topological polar surface area (TPSA) is 29.3 Å². The van der Waals surface area contributed by atoms with Crippen molar-refractivity contribution in [2.24, 2.45) is 0 Å². The van der Waals surface area contributed by atoms with E-state index in [1.54, 1.807) is 4.90 Å². The van der Waals surface area contributed by atoms with Crippen molar-refractivity contribution in [1.82, 2.24) is 0 Å². The molecule has 0 aliphatic carbocycles. The first-order chi connectivity index (χ1) is 9.18. The maximum Gasteiger partial charge on any atom is 0.184 e. The first-order valence-corrected chi connectivity index (χ1v) is 6.27. The van der Waals surface area contributed by atoms with Crippen molar-refractivity contribution < 1.29 is 8.78 Å². The summed E-state index contributed by atoms with van der Waals surface area (Å²) in [6.07, 6.45) is 1.84. The molecular formula is C15H14F2N2. The molecule has 0 atom stereocenters. The molecule has 0 amide bonds. The molecule has 4 heteroatoms. The Kier molecular flexibility index (Phi) is 2.85. The highest BCUT2D eigenvalue weighted by Crippen LogP contribution is 2.38. The second-order valence-corrected chi connectivity index (χ2v) is 4.68. The largest absolute Gasteiger partial charge is 0.397 e. The monoisotopic (exact) mass is 260 g/mol. The molecule has 0 spiro atoms. The standard InChI is InChI=1S/C15H14F2N2/c16-11-7-8-12(18)15(14(11)17)19-9-3-5-10-4-1-2-6-13(10)19/h1-2,4,6-8H,3,5,9,18H2. The lowest BCUT2D eigenvalue weighted by Crippen LogP contribution is -2.26. The Bertz CT molecular complexity index is 626. The summed E-state index contributed by atoms with van der Waals surface area (Å²) >= 11 is 0. The van der Waals surface area contributed by atoms with Gasteiger partial charge in [-0.1, -0.05) is 18.2 Å². The number of halogens is 2. The molecular weight excluding hydrogens is 246 g/mol. The van der Waals surface area contributed by atoms with Crippen LogP contribution in [0.1, 0.15) is 12.0 Å². The van der Waals surface area contributed by atoms with Gasteiger partial charge in [-0.25, -0.2) is 8.78 Å². The van der Waals surface area contributed by atoms with Crippen molar-refractivity contribution in [2.75, 3.05) is 17.2 Å². The number of rotatable bonds is 1. The molecule has 2 aromatic rings. The molecule has 0 radical (unpaired) electrons. The molecule has 0 unspecified atom stereocenters. The highest BCUT2D eigenvalue weighted by atomic mass is 19.2. The van der Waals surface area contributed by atoms with Crippen LogP contribution in [0.3, 0.4) is 0 Å². The number of nitrogens with two attached hydrogens (primary N) is 1. The van der Waals surface area contributed by atoms with Crippen molar-refractivity contribution in [3.8, 4) is 0 Å². The van der Waals surface area contributed by atoms with E-state index in [1.807, 2.05) is 24.3 Å². The quantitative estimate of drug-likeness (QED) is 0.793. The van der Waals surface area contributed by atoms with Gasteiger partial charge in [-0.05, 0) is 36.6 Å². The SMILES string of the molecule is Nc1ccc(F)c(F)c1N1CCCc2ccccc21. The van der Waals surface area contributed by atoms with Gasteiger partial charge in [0.15, 0.2) is 11.6 Å². The van der Waals surface area contributed by atoms with Crippen LogP contribution in [0.4, 0.5) is 25.8 Å². The zero-order chi connectivity index (χ0) is 13.4. The number of para-hydroxylation sites is 1. The number of nitrogen functional groups attached to an aromatic ring is 1. The maximum absolute atomic E-state index is 14.0. The lowest BCUT2D eigenvalue weighted by molar-refractivity contribution is 0.508.